The van der Waals surface area contributed by atoms with Gasteiger partial charge in [-0.2, -0.15) is 0 Å². The molecular formula is C10H16N4O. The molecule has 0 spiro atoms. The summed E-state index contributed by atoms with van der Waals surface area (Å²) in [6.45, 7) is 1.62. The molecule has 1 N–H and O–H groups in total. The van der Waals surface area contributed by atoms with Crippen LogP contribution in [0.5, 0.6) is 0 Å². The number of aromatic nitrogens is 2. The van der Waals surface area contributed by atoms with Crippen molar-refractivity contribution in [3.63, 3.8) is 0 Å². The zero-order valence-corrected chi connectivity index (χ0v) is 9.10. The Balaban J connectivity index is 2.25. The summed E-state index contributed by atoms with van der Waals surface area (Å²) in [7, 11) is 4.01. The quantitative estimate of drug-likeness (QED) is 0.700. The van der Waals surface area contributed by atoms with Crippen molar-refractivity contribution in [2.45, 2.75) is 6.42 Å². The second kappa shape index (κ2) is 6.08. The fraction of sp³-hybridized carbons (Fsp3) is 0.500. The smallest absolute Gasteiger partial charge is 0.271 e. The van der Waals surface area contributed by atoms with Crippen LogP contribution in [0.25, 0.3) is 0 Å². The van der Waals surface area contributed by atoms with Gasteiger partial charge in [0.15, 0.2) is 0 Å². The number of carbonyl (C=O) groups is 1. The highest BCUT2D eigenvalue weighted by Crippen LogP contribution is 1.90. The third-order valence-corrected chi connectivity index (χ3v) is 1.86. The molecule has 1 heterocycles. The van der Waals surface area contributed by atoms with E-state index in [4.69, 9.17) is 0 Å². The van der Waals surface area contributed by atoms with Gasteiger partial charge in [0.2, 0.25) is 0 Å². The van der Waals surface area contributed by atoms with Gasteiger partial charge in [-0.05, 0) is 27.1 Å². The standard InChI is InChI=1S/C10H16N4O/c1-14(2)7-3-4-13-10(15)9-8-11-5-6-12-9/h5-6,8H,3-4,7H2,1-2H3,(H,13,15). The van der Waals surface area contributed by atoms with Crippen molar-refractivity contribution < 1.29 is 4.79 Å². The SMILES string of the molecule is CN(C)CCCNC(=O)c1cnccn1. The number of nitrogens with one attached hydrogen (secondary N) is 1. The van der Waals surface area contributed by atoms with Crippen LogP contribution in [0, 0.1) is 0 Å². The van der Waals surface area contributed by atoms with Gasteiger partial charge in [-0.15, -0.1) is 0 Å². The molecule has 0 atom stereocenters. The predicted molar refractivity (Wildman–Crippen MR) is 57.5 cm³/mol. The fourth-order valence-corrected chi connectivity index (χ4v) is 1.10. The van der Waals surface area contributed by atoms with Gasteiger partial charge in [-0.1, -0.05) is 0 Å². The van der Waals surface area contributed by atoms with Crippen LogP contribution in [-0.4, -0.2) is 48.0 Å². The Labute approximate surface area is 89.5 Å². The van der Waals surface area contributed by atoms with Crippen molar-refractivity contribution >= 4 is 5.91 Å². The molecule has 82 valence electrons. The van der Waals surface area contributed by atoms with Crippen molar-refractivity contribution in [2.24, 2.45) is 0 Å². The Kier molecular flexibility index (Phi) is 4.70. The van der Waals surface area contributed by atoms with Crippen LogP contribution < -0.4 is 5.32 Å². The van der Waals surface area contributed by atoms with Crippen LogP contribution in [0.3, 0.4) is 0 Å². The summed E-state index contributed by atoms with van der Waals surface area (Å²) in [4.78, 5) is 21.3. The largest absolute Gasteiger partial charge is 0.351 e. The average Bonchev–Trinajstić information content (AvgIpc) is 2.25. The minimum absolute atomic E-state index is 0.165. The number of rotatable bonds is 5. The van der Waals surface area contributed by atoms with Gasteiger partial charge in [0.25, 0.3) is 5.91 Å². The Bertz CT molecular complexity index is 300. The van der Waals surface area contributed by atoms with Crippen molar-refractivity contribution in [1.82, 2.24) is 20.2 Å². The van der Waals surface area contributed by atoms with Crippen LogP contribution in [0.2, 0.25) is 0 Å². The lowest BCUT2D eigenvalue weighted by atomic mass is 10.3. The third-order valence-electron chi connectivity index (χ3n) is 1.86. The van der Waals surface area contributed by atoms with Gasteiger partial charge < -0.3 is 10.2 Å². The minimum Gasteiger partial charge on any atom is -0.351 e. The lowest BCUT2D eigenvalue weighted by Crippen LogP contribution is -2.27. The normalized spacial score (nSPS) is 10.3. The highest BCUT2D eigenvalue weighted by Gasteiger charge is 2.04. The van der Waals surface area contributed by atoms with E-state index in [0.717, 1.165) is 13.0 Å². The maximum atomic E-state index is 11.5. The molecule has 1 amide bonds. The molecule has 5 heteroatoms. The molecule has 1 aromatic rings. The second-order valence-corrected chi connectivity index (χ2v) is 3.50. The van der Waals surface area contributed by atoms with Gasteiger partial charge in [-0.25, -0.2) is 4.98 Å². The van der Waals surface area contributed by atoms with Gasteiger partial charge in [-0.3, -0.25) is 9.78 Å². The first-order chi connectivity index (χ1) is 7.20. The zero-order valence-electron chi connectivity index (χ0n) is 9.10. The molecule has 1 rings (SSSR count). The first kappa shape index (κ1) is 11.6. The number of nitrogens with zero attached hydrogens (tertiary/aromatic N) is 3. The lowest BCUT2D eigenvalue weighted by molar-refractivity contribution is 0.0947. The van der Waals surface area contributed by atoms with Crippen LogP contribution in [0.15, 0.2) is 18.6 Å². The third kappa shape index (κ3) is 4.51. The number of amides is 1. The first-order valence-electron chi connectivity index (χ1n) is 4.89. The Morgan fingerprint density at radius 2 is 2.27 bits per heavy atom. The van der Waals surface area contributed by atoms with E-state index in [1.807, 2.05) is 14.1 Å². The van der Waals surface area contributed by atoms with Crippen molar-refractivity contribution in [2.75, 3.05) is 27.2 Å². The summed E-state index contributed by atoms with van der Waals surface area (Å²) < 4.78 is 0. The molecule has 0 unspecified atom stereocenters. The minimum atomic E-state index is -0.165. The Morgan fingerprint density at radius 3 is 2.87 bits per heavy atom. The summed E-state index contributed by atoms with van der Waals surface area (Å²) in [5.74, 6) is -0.165. The molecule has 0 bridgehead atoms. The molecule has 0 aliphatic heterocycles. The molecule has 0 saturated heterocycles. The summed E-state index contributed by atoms with van der Waals surface area (Å²) in [5.41, 5.74) is 0.363. The monoisotopic (exact) mass is 208 g/mol. The molecule has 0 saturated carbocycles. The van der Waals surface area contributed by atoms with Crippen molar-refractivity contribution in [1.29, 1.82) is 0 Å². The topological polar surface area (TPSA) is 58.1 Å². The van der Waals surface area contributed by atoms with Gasteiger partial charge in [0, 0.05) is 18.9 Å². The van der Waals surface area contributed by atoms with E-state index in [2.05, 4.69) is 20.2 Å². The second-order valence-electron chi connectivity index (χ2n) is 3.50. The van der Waals surface area contributed by atoms with Crippen LogP contribution >= 0.6 is 0 Å². The number of hydrogen-bond acceptors (Lipinski definition) is 4. The van der Waals surface area contributed by atoms with Gasteiger partial charge in [0.05, 0.1) is 6.20 Å². The maximum Gasteiger partial charge on any atom is 0.271 e. The maximum absolute atomic E-state index is 11.5. The Hall–Kier alpha value is -1.49. The summed E-state index contributed by atoms with van der Waals surface area (Å²) in [6, 6.07) is 0. The summed E-state index contributed by atoms with van der Waals surface area (Å²) in [6.07, 6.45) is 5.44. The fourth-order valence-electron chi connectivity index (χ4n) is 1.10. The number of carbonyl (C=O) groups excluding carboxylic acids is 1. The van der Waals surface area contributed by atoms with E-state index in [1.165, 1.54) is 12.4 Å². The molecule has 0 aliphatic rings. The molecule has 15 heavy (non-hydrogen) atoms. The van der Waals surface area contributed by atoms with E-state index in [-0.39, 0.29) is 5.91 Å². The molecule has 0 aromatic carbocycles. The van der Waals surface area contributed by atoms with E-state index in [9.17, 15) is 4.79 Å². The average molecular weight is 208 g/mol. The van der Waals surface area contributed by atoms with Gasteiger partial charge >= 0.3 is 0 Å². The van der Waals surface area contributed by atoms with Crippen LogP contribution in [0.1, 0.15) is 16.9 Å². The number of hydrogen-bond donors (Lipinski definition) is 1. The highest BCUT2D eigenvalue weighted by atomic mass is 16.1. The predicted octanol–water partition coefficient (Wildman–Crippen LogP) is 0.158. The summed E-state index contributed by atoms with van der Waals surface area (Å²) >= 11 is 0. The van der Waals surface area contributed by atoms with E-state index in [0.29, 0.717) is 12.2 Å². The van der Waals surface area contributed by atoms with E-state index >= 15 is 0 Å². The van der Waals surface area contributed by atoms with Crippen LogP contribution in [-0.2, 0) is 0 Å². The van der Waals surface area contributed by atoms with Crippen molar-refractivity contribution in [3.8, 4) is 0 Å². The van der Waals surface area contributed by atoms with Gasteiger partial charge in [0.1, 0.15) is 5.69 Å². The highest BCUT2D eigenvalue weighted by molar-refractivity contribution is 5.91. The molecule has 0 aliphatic carbocycles. The van der Waals surface area contributed by atoms with E-state index < -0.39 is 0 Å². The first-order valence-corrected chi connectivity index (χ1v) is 4.89. The van der Waals surface area contributed by atoms with Crippen LogP contribution in [0.4, 0.5) is 0 Å². The lowest BCUT2D eigenvalue weighted by Gasteiger charge is -2.09. The molecule has 0 radical (unpaired) electrons. The molecular weight excluding hydrogens is 192 g/mol. The zero-order chi connectivity index (χ0) is 11.1. The molecule has 0 fully saturated rings. The molecule has 5 nitrogen and oxygen atoms in total. The van der Waals surface area contributed by atoms with Crippen molar-refractivity contribution in [3.05, 3.63) is 24.3 Å². The van der Waals surface area contributed by atoms with E-state index in [1.54, 1.807) is 6.20 Å². The molecule has 1 aromatic heterocycles. The summed E-state index contributed by atoms with van der Waals surface area (Å²) in [5, 5.41) is 2.79. The Morgan fingerprint density at radius 1 is 1.47 bits per heavy atom.